The van der Waals surface area contributed by atoms with E-state index < -0.39 is 0 Å². The van der Waals surface area contributed by atoms with Gasteiger partial charge in [-0.3, -0.25) is 4.79 Å². The molecule has 0 saturated heterocycles. The van der Waals surface area contributed by atoms with Crippen LogP contribution in [-0.4, -0.2) is 33.8 Å². The van der Waals surface area contributed by atoms with Crippen molar-refractivity contribution in [3.8, 4) is 11.5 Å². The molecule has 0 aliphatic carbocycles. The molecule has 0 bridgehead atoms. The summed E-state index contributed by atoms with van der Waals surface area (Å²) in [5.74, 6) is 1.23. The quantitative estimate of drug-likeness (QED) is 0.726. The molecule has 0 unspecified atom stereocenters. The minimum atomic E-state index is -0.102. The van der Waals surface area contributed by atoms with Crippen molar-refractivity contribution in [2.75, 3.05) is 27.9 Å². The third-order valence-corrected chi connectivity index (χ3v) is 4.47. The Morgan fingerprint density at radius 2 is 1.80 bits per heavy atom. The van der Waals surface area contributed by atoms with Gasteiger partial charge in [-0.1, -0.05) is 28.1 Å². The number of rotatable bonds is 8. The molecular formula is C19H22BrNO4. The molecule has 0 radical (unpaired) electrons. The van der Waals surface area contributed by atoms with Crippen LogP contribution in [0.3, 0.4) is 0 Å². The lowest BCUT2D eigenvalue weighted by molar-refractivity contribution is 0.0954. The Morgan fingerprint density at radius 1 is 1.08 bits per heavy atom. The van der Waals surface area contributed by atoms with Crippen LogP contribution >= 0.6 is 15.9 Å². The van der Waals surface area contributed by atoms with E-state index in [2.05, 4.69) is 21.2 Å². The normalized spacial score (nSPS) is 10.4. The summed E-state index contributed by atoms with van der Waals surface area (Å²) in [6, 6.07) is 11.2. The molecule has 2 aromatic rings. The number of nitrogens with one attached hydrogen (secondary N) is 1. The van der Waals surface area contributed by atoms with E-state index in [0.29, 0.717) is 36.6 Å². The lowest BCUT2D eigenvalue weighted by Crippen LogP contribution is -2.25. The van der Waals surface area contributed by atoms with Crippen LogP contribution in [0.2, 0.25) is 0 Å². The lowest BCUT2D eigenvalue weighted by Gasteiger charge is -2.12. The van der Waals surface area contributed by atoms with Crippen LogP contribution in [0.15, 0.2) is 40.9 Å². The van der Waals surface area contributed by atoms with E-state index in [1.165, 1.54) is 0 Å². The van der Waals surface area contributed by atoms with Gasteiger partial charge in [-0.25, -0.2) is 0 Å². The zero-order valence-electron chi connectivity index (χ0n) is 14.6. The third-order valence-electron chi connectivity index (χ3n) is 3.73. The van der Waals surface area contributed by atoms with Crippen LogP contribution in [0, 0.1) is 0 Å². The number of halogens is 1. The first kappa shape index (κ1) is 19.3. The smallest absolute Gasteiger partial charge is 0.251 e. The van der Waals surface area contributed by atoms with Gasteiger partial charge in [0.05, 0.1) is 20.8 Å². The fraction of sp³-hybridized carbons (Fsp3) is 0.316. The Morgan fingerprint density at radius 3 is 2.48 bits per heavy atom. The molecule has 134 valence electrons. The molecule has 1 N–H and O–H groups in total. The zero-order valence-corrected chi connectivity index (χ0v) is 16.2. The van der Waals surface area contributed by atoms with E-state index in [0.717, 1.165) is 15.6 Å². The lowest BCUT2D eigenvalue weighted by atomic mass is 10.1. The number of carbonyl (C=O) groups excluding carboxylic acids is 1. The van der Waals surface area contributed by atoms with Gasteiger partial charge in [-0.2, -0.15) is 0 Å². The molecule has 0 aliphatic heterocycles. The highest BCUT2D eigenvalue weighted by molar-refractivity contribution is 9.10. The topological polar surface area (TPSA) is 56.8 Å². The van der Waals surface area contributed by atoms with Gasteiger partial charge in [-0.05, 0) is 41.8 Å². The predicted molar refractivity (Wildman–Crippen MR) is 100 cm³/mol. The van der Waals surface area contributed by atoms with Crippen molar-refractivity contribution in [3.63, 3.8) is 0 Å². The molecule has 6 heteroatoms. The van der Waals surface area contributed by atoms with Crippen molar-refractivity contribution in [2.45, 2.75) is 13.0 Å². The van der Waals surface area contributed by atoms with Gasteiger partial charge >= 0.3 is 0 Å². The molecule has 1 amide bonds. The molecule has 0 spiro atoms. The molecule has 25 heavy (non-hydrogen) atoms. The molecule has 2 aromatic carbocycles. The van der Waals surface area contributed by atoms with Crippen LogP contribution in [0.5, 0.6) is 11.5 Å². The summed E-state index contributed by atoms with van der Waals surface area (Å²) in [5, 5.41) is 2.94. The highest BCUT2D eigenvalue weighted by Crippen LogP contribution is 2.33. The summed E-state index contributed by atoms with van der Waals surface area (Å²) in [6.45, 7) is 1.00. The summed E-state index contributed by atoms with van der Waals surface area (Å²) < 4.78 is 16.6. The number of hydrogen-bond acceptors (Lipinski definition) is 4. The fourth-order valence-corrected chi connectivity index (χ4v) is 2.99. The van der Waals surface area contributed by atoms with Gasteiger partial charge in [0.25, 0.3) is 5.91 Å². The van der Waals surface area contributed by atoms with Crippen molar-refractivity contribution in [2.24, 2.45) is 0 Å². The second kappa shape index (κ2) is 9.44. The predicted octanol–water partition coefficient (Wildman–Crippen LogP) is 3.59. The van der Waals surface area contributed by atoms with E-state index >= 15 is 0 Å². The summed E-state index contributed by atoms with van der Waals surface area (Å²) in [6.07, 6.45) is 0.671. The van der Waals surface area contributed by atoms with Gasteiger partial charge < -0.3 is 19.5 Å². The van der Waals surface area contributed by atoms with Crippen LogP contribution in [0.4, 0.5) is 0 Å². The average Bonchev–Trinajstić information content (AvgIpc) is 2.63. The van der Waals surface area contributed by atoms with Crippen molar-refractivity contribution in [1.29, 1.82) is 0 Å². The first-order chi connectivity index (χ1) is 12.1. The van der Waals surface area contributed by atoms with Gasteiger partial charge in [0.15, 0.2) is 11.5 Å². The maximum absolute atomic E-state index is 12.3. The summed E-state index contributed by atoms with van der Waals surface area (Å²) >= 11 is 3.53. The van der Waals surface area contributed by atoms with E-state index in [4.69, 9.17) is 14.2 Å². The second-order valence-corrected chi connectivity index (χ2v) is 6.29. The molecule has 2 rings (SSSR count). The van der Waals surface area contributed by atoms with Gasteiger partial charge in [0.1, 0.15) is 0 Å². The molecule has 0 heterocycles. The number of methoxy groups -OCH3 is 3. The monoisotopic (exact) mass is 407 g/mol. The van der Waals surface area contributed by atoms with Crippen molar-refractivity contribution < 1.29 is 19.0 Å². The SMILES string of the molecule is COCc1cccc(C(=O)NCCc2cc(OC)c(OC)cc2Br)c1. The highest BCUT2D eigenvalue weighted by Gasteiger charge is 2.11. The number of carbonyl (C=O) groups is 1. The maximum atomic E-state index is 12.3. The van der Waals surface area contributed by atoms with Crippen LogP contribution in [-0.2, 0) is 17.8 Å². The molecule has 0 fully saturated rings. The van der Waals surface area contributed by atoms with Crippen LogP contribution < -0.4 is 14.8 Å². The second-order valence-electron chi connectivity index (χ2n) is 5.44. The standard InChI is InChI=1S/C19H22BrNO4/c1-23-12-13-5-4-6-15(9-13)19(22)21-8-7-14-10-17(24-2)18(25-3)11-16(14)20/h4-6,9-11H,7-8,12H2,1-3H3,(H,21,22). The minimum absolute atomic E-state index is 0.102. The van der Waals surface area contributed by atoms with Crippen molar-refractivity contribution in [3.05, 3.63) is 57.6 Å². The number of hydrogen-bond donors (Lipinski definition) is 1. The van der Waals surface area contributed by atoms with Gasteiger partial charge in [-0.15, -0.1) is 0 Å². The summed E-state index contributed by atoms with van der Waals surface area (Å²) in [4.78, 5) is 12.3. The molecule has 5 nitrogen and oxygen atoms in total. The first-order valence-electron chi connectivity index (χ1n) is 7.85. The fourth-order valence-electron chi connectivity index (χ4n) is 2.47. The summed E-state index contributed by atoms with van der Waals surface area (Å²) in [7, 11) is 4.83. The van der Waals surface area contributed by atoms with E-state index in [1.54, 1.807) is 27.4 Å². The largest absolute Gasteiger partial charge is 0.493 e. The Balaban J connectivity index is 1.98. The molecule has 0 atom stereocenters. The Labute approximate surface area is 156 Å². The molecule has 0 aromatic heterocycles. The van der Waals surface area contributed by atoms with Gasteiger partial charge in [0, 0.05) is 23.7 Å². The van der Waals surface area contributed by atoms with Gasteiger partial charge in [0.2, 0.25) is 0 Å². The first-order valence-corrected chi connectivity index (χ1v) is 8.64. The molecule has 0 aliphatic rings. The van der Waals surface area contributed by atoms with E-state index in [-0.39, 0.29) is 5.91 Å². The van der Waals surface area contributed by atoms with Crippen LogP contribution in [0.1, 0.15) is 21.5 Å². The number of benzene rings is 2. The number of ether oxygens (including phenoxy) is 3. The highest BCUT2D eigenvalue weighted by atomic mass is 79.9. The maximum Gasteiger partial charge on any atom is 0.251 e. The molecule has 0 saturated carbocycles. The van der Waals surface area contributed by atoms with E-state index in [9.17, 15) is 4.79 Å². The Hall–Kier alpha value is -2.05. The summed E-state index contributed by atoms with van der Waals surface area (Å²) in [5.41, 5.74) is 2.63. The Kier molecular flexibility index (Phi) is 7.28. The minimum Gasteiger partial charge on any atom is -0.493 e. The average molecular weight is 408 g/mol. The third kappa shape index (κ3) is 5.21. The number of amides is 1. The Bertz CT molecular complexity index is 733. The molecular weight excluding hydrogens is 386 g/mol. The van der Waals surface area contributed by atoms with Crippen LogP contribution in [0.25, 0.3) is 0 Å². The zero-order chi connectivity index (χ0) is 18.2. The van der Waals surface area contributed by atoms with Crippen molar-refractivity contribution in [1.82, 2.24) is 5.32 Å². The van der Waals surface area contributed by atoms with Crippen molar-refractivity contribution >= 4 is 21.8 Å². The van der Waals surface area contributed by atoms with E-state index in [1.807, 2.05) is 30.3 Å².